The zero-order chi connectivity index (χ0) is 14.3. The van der Waals surface area contributed by atoms with Crippen molar-refractivity contribution in [2.45, 2.75) is 19.4 Å². The molecular formula is C13H16N4O3. The van der Waals surface area contributed by atoms with Gasteiger partial charge in [-0.15, -0.1) is 0 Å². The van der Waals surface area contributed by atoms with E-state index in [2.05, 4.69) is 11.9 Å². The third-order valence-corrected chi connectivity index (χ3v) is 3.81. The number of fused-ring (bicyclic) bond motifs is 1. The quantitative estimate of drug-likeness (QED) is 0.664. The first-order valence-electron chi connectivity index (χ1n) is 6.60. The van der Waals surface area contributed by atoms with Gasteiger partial charge in [0.25, 0.3) is 11.7 Å². The molecule has 1 aromatic carbocycles. The van der Waals surface area contributed by atoms with Gasteiger partial charge in [-0.05, 0) is 18.4 Å². The van der Waals surface area contributed by atoms with Gasteiger partial charge in [0.15, 0.2) is 5.58 Å². The van der Waals surface area contributed by atoms with E-state index >= 15 is 0 Å². The fraction of sp³-hybridized carbons (Fsp3) is 0.462. The molecule has 106 valence electrons. The van der Waals surface area contributed by atoms with Crippen LogP contribution in [0, 0.1) is 16.0 Å². The lowest BCUT2D eigenvalue weighted by Gasteiger charge is -2.33. The number of hydrogen-bond donors (Lipinski definition) is 1. The first kappa shape index (κ1) is 12.9. The molecule has 0 saturated carbocycles. The molecule has 0 aliphatic carbocycles. The molecule has 0 radical (unpaired) electrons. The van der Waals surface area contributed by atoms with E-state index in [1.807, 2.05) is 4.90 Å². The molecule has 1 aliphatic heterocycles. The Morgan fingerprint density at radius 3 is 3.05 bits per heavy atom. The monoisotopic (exact) mass is 276 g/mol. The third kappa shape index (κ3) is 2.20. The molecule has 1 saturated heterocycles. The van der Waals surface area contributed by atoms with Crippen LogP contribution in [0.5, 0.6) is 0 Å². The molecule has 20 heavy (non-hydrogen) atoms. The van der Waals surface area contributed by atoms with Crippen LogP contribution in [0.1, 0.15) is 13.3 Å². The number of rotatable bonds is 2. The predicted octanol–water partition coefficient (Wildman–Crippen LogP) is 1.91. The number of benzene rings is 1. The molecule has 1 aromatic heterocycles. The van der Waals surface area contributed by atoms with Crippen molar-refractivity contribution in [1.29, 1.82) is 0 Å². The van der Waals surface area contributed by atoms with Crippen LogP contribution in [0.4, 0.5) is 11.7 Å². The molecule has 0 amide bonds. The maximum Gasteiger partial charge on any atom is 0.298 e. The number of nitrogens with zero attached hydrogens (tertiary/aromatic N) is 3. The minimum Gasteiger partial charge on any atom is -0.423 e. The second-order valence-corrected chi connectivity index (χ2v) is 5.28. The molecule has 1 aliphatic rings. The number of anilines is 1. The smallest absolute Gasteiger partial charge is 0.298 e. The van der Waals surface area contributed by atoms with Crippen molar-refractivity contribution in [3.8, 4) is 0 Å². The summed E-state index contributed by atoms with van der Waals surface area (Å²) in [6, 6.07) is 5.17. The lowest BCUT2D eigenvalue weighted by Crippen LogP contribution is -2.46. The van der Waals surface area contributed by atoms with E-state index in [-0.39, 0.29) is 11.7 Å². The maximum absolute atomic E-state index is 10.8. The summed E-state index contributed by atoms with van der Waals surface area (Å²) in [4.78, 5) is 16.7. The number of nitro benzene ring substituents is 1. The fourth-order valence-electron chi connectivity index (χ4n) is 2.49. The molecule has 2 atom stereocenters. The van der Waals surface area contributed by atoms with Crippen molar-refractivity contribution in [3.63, 3.8) is 0 Å². The molecule has 2 aromatic rings. The fourth-order valence-corrected chi connectivity index (χ4v) is 2.49. The van der Waals surface area contributed by atoms with Gasteiger partial charge in [0.2, 0.25) is 0 Å². The summed E-state index contributed by atoms with van der Waals surface area (Å²) in [5.74, 6) is 0.369. The van der Waals surface area contributed by atoms with Crippen LogP contribution in [-0.2, 0) is 0 Å². The predicted molar refractivity (Wildman–Crippen MR) is 74.6 cm³/mol. The SMILES string of the molecule is CC1CN(c2nc3ccc([N+](=O)[O-])cc3o2)CCC1N. The summed E-state index contributed by atoms with van der Waals surface area (Å²) >= 11 is 0. The van der Waals surface area contributed by atoms with Crippen molar-refractivity contribution in [1.82, 2.24) is 4.98 Å². The highest BCUT2D eigenvalue weighted by Crippen LogP contribution is 2.28. The average Bonchev–Trinajstić information content (AvgIpc) is 2.84. The molecule has 2 N–H and O–H groups in total. The topological polar surface area (TPSA) is 98.4 Å². The number of nitrogens with two attached hydrogens (primary N) is 1. The molecule has 2 unspecified atom stereocenters. The van der Waals surface area contributed by atoms with Crippen LogP contribution in [0.15, 0.2) is 22.6 Å². The molecule has 3 rings (SSSR count). The standard InChI is InChI=1S/C13H16N4O3/c1-8-7-16(5-4-10(8)14)13-15-11-3-2-9(17(18)19)6-12(11)20-13/h2-3,6,8,10H,4-5,7,14H2,1H3. The van der Waals surface area contributed by atoms with Crippen molar-refractivity contribution in [3.05, 3.63) is 28.3 Å². The van der Waals surface area contributed by atoms with Crippen LogP contribution < -0.4 is 10.6 Å². The van der Waals surface area contributed by atoms with E-state index in [1.165, 1.54) is 12.1 Å². The van der Waals surface area contributed by atoms with Gasteiger partial charge in [-0.1, -0.05) is 6.92 Å². The van der Waals surface area contributed by atoms with Gasteiger partial charge in [-0.2, -0.15) is 4.98 Å². The molecule has 7 nitrogen and oxygen atoms in total. The third-order valence-electron chi connectivity index (χ3n) is 3.81. The van der Waals surface area contributed by atoms with E-state index < -0.39 is 4.92 Å². The van der Waals surface area contributed by atoms with Crippen LogP contribution >= 0.6 is 0 Å². The Morgan fingerprint density at radius 2 is 2.35 bits per heavy atom. The van der Waals surface area contributed by atoms with Crippen molar-refractivity contribution in [2.24, 2.45) is 11.7 Å². The first-order valence-corrected chi connectivity index (χ1v) is 6.60. The largest absolute Gasteiger partial charge is 0.423 e. The van der Waals surface area contributed by atoms with E-state index in [0.717, 1.165) is 19.5 Å². The lowest BCUT2D eigenvalue weighted by atomic mass is 9.95. The Kier molecular flexibility index (Phi) is 3.06. The average molecular weight is 276 g/mol. The minimum atomic E-state index is -0.441. The maximum atomic E-state index is 10.8. The van der Waals surface area contributed by atoms with Crippen LogP contribution in [0.2, 0.25) is 0 Å². The summed E-state index contributed by atoms with van der Waals surface area (Å²) in [5, 5.41) is 10.8. The summed E-state index contributed by atoms with van der Waals surface area (Å²) in [6.45, 7) is 3.68. The highest BCUT2D eigenvalue weighted by atomic mass is 16.6. The van der Waals surface area contributed by atoms with Crippen molar-refractivity contribution in [2.75, 3.05) is 18.0 Å². The van der Waals surface area contributed by atoms with Gasteiger partial charge in [-0.25, -0.2) is 0 Å². The molecule has 2 heterocycles. The number of piperidine rings is 1. The first-order chi connectivity index (χ1) is 9.54. The second-order valence-electron chi connectivity index (χ2n) is 5.28. The summed E-state index contributed by atoms with van der Waals surface area (Å²) < 4.78 is 5.65. The summed E-state index contributed by atoms with van der Waals surface area (Å²) in [7, 11) is 0. The van der Waals surface area contributed by atoms with Crippen LogP contribution in [0.3, 0.4) is 0 Å². The summed E-state index contributed by atoms with van der Waals surface area (Å²) in [5.41, 5.74) is 7.08. The Labute approximate surface area is 115 Å². The second kappa shape index (κ2) is 4.75. The Balaban J connectivity index is 1.91. The van der Waals surface area contributed by atoms with Gasteiger partial charge in [0.05, 0.1) is 11.0 Å². The minimum absolute atomic E-state index is 0.00855. The Morgan fingerprint density at radius 1 is 1.55 bits per heavy atom. The number of oxazole rings is 1. The van der Waals surface area contributed by atoms with E-state index in [9.17, 15) is 10.1 Å². The molecular weight excluding hydrogens is 260 g/mol. The molecule has 0 spiro atoms. The number of aromatic nitrogens is 1. The lowest BCUT2D eigenvalue weighted by molar-refractivity contribution is -0.384. The van der Waals surface area contributed by atoms with Gasteiger partial charge < -0.3 is 15.1 Å². The number of non-ortho nitro benzene ring substituents is 1. The zero-order valence-corrected chi connectivity index (χ0v) is 11.2. The van der Waals surface area contributed by atoms with Crippen LogP contribution in [0.25, 0.3) is 11.1 Å². The molecule has 7 heteroatoms. The number of nitro groups is 1. The van der Waals surface area contributed by atoms with Crippen molar-refractivity contribution < 1.29 is 9.34 Å². The summed E-state index contributed by atoms with van der Waals surface area (Å²) in [6.07, 6.45) is 0.889. The van der Waals surface area contributed by atoms with Gasteiger partial charge in [0, 0.05) is 25.2 Å². The number of hydrogen-bond acceptors (Lipinski definition) is 6. The van der Waals surface area contributed by atoms with E-state index in [0.29, 0.717) is 23.0 Å². The van der Waals surface area contributed by atoms with Crippen molar-refractivity contribution >= 4 is 22.8 Å². The van der Waals surface area contributed by atoms with Gasteiger partial charge >= 0.3 is 0 Å². The normalized spacial score (nSPS) is 23.2. The van der Waals surface area contributed by atoms with Gasteiger partial charge in [0.1, 0.15) is 5.52 Å². The molecule has 0 bridgehead atoms. The molecule has 1 fully saturated rings. The Bertz CT molecular complexity index is 654. The van der Waals surface area contributed by atoms with E-state index in [4.69, 9.17) is 10.2 Å². The Hall–Kier alpha value is -2.15. The van der Waals surface area contributed by atoms with E-state index in [1.54, 1.807) is 6.07 Å². The zero-order valence-electron chi connectivity index (χ0n) is 11.2. The highest BCUT2D eigenvalue weighted by Gasteiger charge is 2.26. The van der Waals surface area contributed by atoms with Crippen LogP contribution in [-0.4, -0.2) is 29.0 Å². The highest BCUT2D eigenvalue weighted by molar-refractivity contribution is 5.77. The van der Waals surface area contributed by atoms with Gasteiger partial charge in [-0.3, -0.25) is 10.1 Å².